The van der Waals surface area contributed by atoms with Gasteiger partial charge in [-0.05, 0) is 31.2 Å². The van der Waals surface area contributed by atoms with Crippen LogP contribution in [0.2, 0.25) is 0 Å². The molecule has 4 nitrogen and oxygen atoms in total. The van der Waals surface area contributed by atoms with Gasteiger partial charge < -0.3 is 4.74 Å². The Morgan fingerprint density at radius 2 is 2.25 bits per heavy atom. The minimum atomic E-state index is -0.611. The summed E-state index contributed by atoms with van der Waals surface area (Å²) in [5.74, 6) is -0.794. The molecule has 100 valence electrons. The number of carbonyl (C=O) groups excluding carboxylic acids is 1. The van der Waals surface area contributed by atoms with Crippen LogP contribution in [-0.4, -0.2) is 10.8 Å². The first-order chi connectivity index (χ1) is 9.61. The summed E-state index contributed by atoms with van der Waals surface area (Å²) in [6.07, 6.45) is 1.50. The molecule has 0 unspecified atom stereocenters. The number of ketones is 1. The zero-order valence-corrected chi connectivity index (χ0v) is 10.8. The molecule has 0 aliphatic rings. The van der Waals surface area contributed by atoms with E-state index in [9.17, 15) is 9.18 Å². The maximum absolute atomic E-state index is 13.7. The molecule has 0 spiro atoms. The fourth-order valence-electron chi connectivity index (χ4n) is 1.65. The lowest BCUT2D eigenvalue weighted by Crippen LogP contribution is -2.02. The van der Waals surface area contributed by atoms with Gasteiger partial charge in [0.2, 0.25) is 0 Å². The summed E-state index contributed by atoms with van der Waals surface area (Å²) in [5.41, 5.74) is 1.10. The number of aromatic nitrogens is 1. The molecule has 2 rings (SSSR count). The standard InChI is InChI=1S/C15H11FN2O2/c1-10(19)11-4-5-15(13(16)7-11)20-9-12-3-2-6-18-14(12)8-17/h2-7H,9H2,1H3. The van der Waals surface area contributed by atoms with Crippen LogP contribution in [0.3, 0.4) is 0 Å². The molecule has 1 aromatic carbocycles. The Hall–Kier alpha value is -2.74. The van der Waals surface area contributed by atoms with Crippen LogP contribution >= 0.6 is 0 Å². The fourth-order valence-corrected chi connectivity index (χ4v) is 1.65. The Kier molecular flexibility index (Phi) is 4.06. The molecule has 0 saturated carbocycles. The number of ether oxygens (including phenoxy) is 1. The van der Waals surface area contributed by atoms with E-state index in [1.54, 1.807) is 12.1 Å². The molecule has 5 heteroatoms. The highest BCUT2D eigenvalue weighted by molar-refractivity contribution is 5.94. The van der Waals surface area contributed by atoms with Crippen LogP contribution in [-0.2, 0) is 6.61 Å². The SMILES string of the molecule is CC(=O)c1ccc(OCc2cccnc2C#N)c(F)c1. The van der Waals surface area contributed by atoms with Crippen LogP contribution in [0, 0.1) is 17.1 Å². The van der Waals surface area contributed by atoms with E-state index in [4.69, 9.17) is 10.00 Å². The van der Waals surface area contributed by atoms with Crippen LogP contribution in [0.5, 0.6) is 5.75 Å². The molecular formula is C15H11FN2O2. The predicted octanol–water partition coefficient (Wildman–Crippen LogP) is 2.87. The van der Waals surface area contributed by atoms with E-state index in [0.717, 1.165) is 6.07 Å². The molecule has 1 aromatic heterocycles. The second kappa shape index (κ2) is 5.93. The minimum Gasteiger partial charge on any atom is -0.486 e. The van der Waals surface area contributed by atoms with Crippen molar-refractivity contribution >= 4 is 5.78 Å². The second-order valence-electron chi connectivity index (χ2n) is 4.11. The summed E-state index contributed by atoms with van der Waals surface area (Å²) in [6, 6.07) is 9.33. The van der Waals surface area contributed by atoms with E-state index in [-0.39, 0.29) is 29.4 Å². The van der Waals surface area contributed by atoms with Crippen molar-refractivity contribution in [1.82, 2.24) is 4.98 Å². The molecule has 0 radical (unpaired) electrons. The topological polar surface area (TPSA) is 63.0 Å². The van der Waals surface area contributed by atoms with Gasteiger partial charge in [-0.25, -0.2) is 9.37 Å². The first-order valence-electron chi connectivity index (χ1n) is 5.89. The quantitative estimate of drug-likeness (QED) is 0.801. The molecular weight excluding hydrogens is 259 g/mol. The third kappa shape index (κ3) is 2.98. The lowest BCUT2D eigenvalue weighted by molar-refractivity contribution is 0.101. The van der Waals surface area contributed by atoms with Crippen molar-refractivity contribution in [3.8, 4) is 11.8 Å². The van der Waals surface area contributed by atoms with Gasteiger partial charge in [0, 0.05) is 17.3 Å². The molecule has 0 saturated heterocycles. The van der Waals surface area contributed by atoms with Gasteiger partial charge >= 0.3 is 0 Å². The largest absolute Gasteiger partial charge is 0.486 e. The van der Waals surface area contributed by atoms with Crippen molar-refractivity contribution in [3.63, 3.8) is 0 Å². The number of hydrogen-bond donors (Lipinski definition) is 0. The molecule has 0 bridgehead atoms. The average Bonchev–Trinajstić information content (AvgIpc) is 2.46. The highest BCUT2D eigenvalue weighted by Crippen LogP contribution is 2.20. The zero-order valence-electron chi connectivity index (χ0n) is 10.8. The summed E-state index contributed by atoms with van der Waals surface area (Å²) in [5, 5.41) is 8.89. The number of nitrogens with zero attached hydrogens (tertiary/aromatic N) is 2. The van der Waals surface area contributed by atoms with Gasteiger partial charge in [0.05, 0.1) is 0 Å². The van der Waals surface area contributed by atoms with Gasteiger partial charge in [0.15, 0.2) is 17.3 Å². The summed E-state index contributed by atoms with van der Waals surface area (Å²) >= 11 is 0. The highest BCUT2D eigenvalue weighted by Gasteiger charge is 2.09. The highest BCUT2D eigenvalue weighted by atomic mass is 19.1. The maximum Gasteiger partial charge on any atom is 0.165 e. The Morgan fingerprint density at radius 1 is 1.45 bits per heavy atom. The number of Topliss-reactive ketones (excluding diaryl/α,β-unsaturated/α-hetero) is 1. The van der Waals surface area contributed by atoms with Gasteiger partial charge in [-0.15, -0.1) is 0 Å². The maximum atomic E-state index is 13.7. The lowest BCUT2D eigenvalue weighted by atomic mass is 10.1. The zero-order chi connectivity index (χ0) is 14.5. The van der Waals surface area contributed by atoms with E-state index >= 15 is 0 Å². The summed E-state index contributed by atoms with van der Waals surface area (Å²) in [7, 11) is 0. The summed E-state index contributed by atoms with van der Waals surface area (Å²) < 4.78 is 19.1. The number of benzene rings is 1. The van der Waals surface area contributed by atoms with Gasteiger partial charge in [0.25, 0.3) is 0 Å². The number of hydrogen-bond acceptors (Lipinski definition) is 4. The van der Waals surface area contributed by atoms with Crippen molar-refractivity contribution in [3.05, 3.63) is 59.2 Å². The third-order valence-corrected chi connectivity index (χ3v) is 2.72. The number of rotatable bonds is 4. The average molecular weight is 270 g/mol. The summed E-state index contributed by atoms with van der Waals surface area (Å²) in [4.78, 5) is 15.0. The molecule has 0 fully saturated rings. The van der Waals surface area contributed by atoms with Crippen molar-refractivity contribution in [1.29, 1.82) is 5.26 Å². The molecule has 0 N–H and O–H groups in total. The Morgan fingerprint density at radius 3 is 2.90 bits per heavy atom. The molecule has 0 atom stereocenters. The van der Waals surface area contributed by atoms with Crippen LogP contribution in [0.25, 0.3) is 0 Å². The molecule has 20 heavy (non-hydrogen) atoms. The molecule has 0 amide bonds. The Bertz CT molecular complexity index is 693. The second-order valence-corrected chi connectivity index (χ2v) is 4.11. The van der Waals surface area contributed by atoms with Gasteiger partial charge in [0.1, 0.15) is 18.4 Å². The lowest BCUT2D eigenvalue weighted by Gasteiger charge is -2.08. The first kappa shape index (κ1) is 13.7. The first-order valence-corrected chi connectivity index (χ1v) is 5.89. The van der Waals surface area contributed by atoms with E-state index in [1.807, 2.05) is 6.07 Å². The van der Waals surface area contributed by atoms with Crippen molar-refractivity contribution in [2.24, 2.45) is 0 Å². The van der Waals surface area contributed by atoms with Crippen molar-refractivity contribution in [2.45, 2.75) is 13.5 Å². The van der Waals surface area contributed by atoms with Crippen LogP contribution < -0.4 is 4.74 Å². The summed E-state index contributed by atoms with van der Waals surface area (Å²) in [6.45, 7) is 1.40. The molecule has 1 heterocycles. The van der Waals surface area contributed by atoms with E-state index in [1.165, 1.54) is 25.3 Å². The Labute approximate surface area is 115 Å². The number of pyridine rings is 1. The van der Waals surface area contributed by atoms with Gasteiger partial charge in [-0.3, -0.25) is 4.79 Å². The van der Waals surface area contributed by atoms with Crippen molar-refractivity contribution in [2.75, 3.05) is 0 Å². The van der Waals surface area contributed by atoms with Crippen molar-refractivity contribution < 1.29 is 13.9 Å². The number of carbonyl (C=O) groups is 1. The van der Waals surface area contributed by atoms with Crippen LogP contribution in [0.15, 0.2) is 36.5 Å². The van der Waals surface area contributed by atoms with Crippen LogP contribution in [0.1, 0.15) is 28.5 Å². The normalized spacial score (nSPS) is 9.85. The van der Waals surface area contributed by atoms with Crippen LogP contribution in [0.4, 0.5) is 4.39 Å². The molecule has 0 aliphatic heterocycles. The molecule has 2 aromatic rings. The third-order valence-electron chi connectivity index (χ3n) is 2.72. The van der Waals surface area contributed by atoms with E-state index in [0.29, 0.717) is 5.56 Å². The fraction of sp³-hybridized carbons (Fsp3) is 0.133. The Balaban J connectivity index is 2.16. The number of nitriles is 1. The predicted molar refractivity (Wildman–Crippen MR) is 69.7 cm³/mol. The smallest absolute Gasteiger partial charge is 0.165 e. The minimum absolute atomic E-state index is 0.0303. The van der Waals surface area contributed by atoms with E-state index in [2.05, 4.69) is 4.98 Å². The van der Waals surface area contributed by atoms with Gasteiger partial charge in [-0.2, -0.15) is 5.26 Å². The van der Waals surface area contributed by atoms with Gasteiger partial charge in [-0.1, -0.05) is 6.07 Å². The number of halogens is 1. The monoisotopic (exact) mass is 270 g/mol. The molecule has 0 aliphatic carbocycles. The van der Waals surface area contributed by atoms with E-state index < -0.39 is 5.82 Å².